The van der Waals surface area contributed by atoms with Gasteiger partial charge in [-0.25, -0.2) is 9.37 Å². The van der Waals surface area contributed by atoms with Gasteiger partial charge in [-0.2, -0.15) is 18.3 Å². The number of carbonyl (C=O) groups is 1. The molecule has 0 unspecified atom stereocenters. The maximum Gasteiger partial charge on any atom is 0.419 e. The average molecular weight is 420 g/mol. The predicted molar refractivity (Wildman–Crippen MR) is 97.1 cm³/mol. The molecule has 1 amide bonds. The first-order valence-electron chi connectivity index (χ1n) is 9.08. The van der Waals surface area contributed by atoms with E-state index in [0.717, 1.165) is 17.2 Å². The van der Waals surface area contributed by atoms with Gasteiger partial charge in [0.2, 0.25) is 5.91 Å². The van der Waals surface area contributed by atoms with Crippen LogP contribution in [0.3, 0.4) is 0 Å². The van der Waals surface area contributed by atoms with E-state index in [-0.39, 0.29) is 18.1 Å². The largest absolute Gasteiger partial charge is 0.457 e. The second-order valence-corrected chi connectivity index (χ2v) is 6.85. The molecule has 156 valence electrons. The molecule has 3 aromatic rings. The van der Waals surface area contributed by atoms with Gasteiger partial charge < -0.3 is 9.64 Å². The van der Waals surface area contributed by atoms with Gasteiger partial charge in [-0.3, -0.25) is 9.89 Å². The van der Waals surface area contributed by atoms with Crippen LogP contribution >= 0.6 is 0 Å². The minimum absolute atomic E-state index is 0.0467. The zero-order valence-corrected chi connectivity index (χ0v) is 15.5. The van der Waals surface area contributed by atoms with Gasteiger partial charge in [-0.05, 0) is 41.8 Å². The van der Waals surface area contributed by atoms with Crippen molar-refractivity contribution in [3.05, 3.63) is 71.1 Å². The number of carbonyl (C=O) groups excluding carboxylic acids is 1. The molecule has 2 heterocycles. The Morgan fingerprint density at radius 1 is 1.13 bits per heavy atom. The summed E-state index contributed by atoms with van der Waals surface area (Å²) in [4.78, 5) is 18.1. The van der Waals surface area contributed by atoms with Crippen molar-refractivity contribution in [1.82, 2.24) is 20.1 Å². The summed E-state index contributed by atoms with van der Waals surface area (Å²) in [6.45, 7) is 0.922. The van der Waals surface area contributed by atoms with Crippen LogP contribution in [0.15, 0.2) is 42.7 Å². The first-order valence-corrected chi connectivity index (χ1v) is 9.08. The van der Waals surface area contributed by atoms with Crippen LogP contribution in [0.1, 0.15) is 22.5 Å². The number of ether oxygens (including phenoxy) is 1. The minimum atomic E-state index is -4.77. The minimum Gasteiger partial charge on any atom is -0.457 e. The molecule has 10 heteroatoms. The van der Waals surface area contributed by atoms with E-state index in [2.05, 4.69) is 15.2 Å². The summed E-state index contributed by atoms with van der Waals surface area (Å²) in [5.74, 6) is -0.727. The van der Waals surface area contributed by atoms with Crippen molar-refractivity contribution in [2.75, 3.05) is 6.54 Å². The van der Waals surface area contributed by atoms with E-state index < -0.39 is 17.6 Å². The van der Waals surface area contributed by atoms with Crippen LogP contribution in [0.25, 0.3) is 0 Å². The highest BCUT2D eigenvalue weighted by Crippen LogP contribution is 2.34. The van der Waals surface area contributed by atoms with Crippen molar-refractivity contribution in [1.29, 1.82) is 0 Å². The van der Waals surface area contributed by atoms with Gasteiger partial charge in [0.25, 0.3) is 0 Å². The van der Waals surface area contributed by atoms with Crippen molar-refractivity contribution in [2.24, 2.45) is 0 Å². The number of alkyl halides is 3. The van der Waals surface area contributed by atoms with Gasteiger partial charge in [0.15, 0.2) is 0 Å². The Labute approximate surface area is 168 Å². The Morgan fingerprint density at radius 2 is 1.90 bits per heavy atom. The molecule has 1 aromatic heterocycles. The van der Waals surface area contributed by atoms with Gasteiger partial charge in [-0.15, -0.1) is 0 Å². The number of aromatic amines is 1. The second-order valence-electron chi connectivity index (χ2n) is 6.85. The Bertz CT molecular complexity index is 1070. The van der Waals surface area contributed by atoms with Crippen molar-refractivity contribution in [3.8, 4) is 11.5 Å². The molecule has 0 atom stereocenters. The number of nitrogens with one attached hydrogen (secondary N) is 1. The van der Waals surface area contributed by atoms with E-state index in [1.807, 2.05) is 6.07 Å². The highest BCUT2D eigenvalue weighted by atomic mass is 19.4. The summed E-state index contributed by atoms with van der Waals surface area (Å²) in [7, 11) is 0. The Balaban J connectivity index is 1.48. The van der Waals surface area contributed by atoms with E-state index in [1.165, 1.54) is 6.33 Å². The summed E-state index contributed by atoms with van der Waals surface area (Å²) in [6.07, 6.45) is -2.67. The first-order chi connectivity index (χ1) is 14.3. The first kappa shape index (κ1) is 19.9. The van der Waals surface area contributed by atoms with Crippen LogP contribution < -0.4 is 4.74 Å². The standard InChI is InChI=1S/C20H16F4N4O2/c21-17-8-15(3-4-16(17)20(22,23)24)30-14-2-1-12-5-6-28(10-13(12)7-14)19(29)9-18-25-11-26-27-18/h1-4,7-8,11H,5-6,9-10H2,(H,25,26,27). The number of H-pyrrole nitrogens is 1. The number of rotatable bonds is 4. The van der Waals surface area contributed by atoms with E-state index >= 15 is 0 Å². The molecule has 30 heavy (non-hydrogen) atoms. The van der Waals surface area contributed by atoms with Crippen molar-refractivity contribution in [3.63, 3.8) is 0 Å². The Hall–Kier alpha value is -3.43. The van der Waals surface area contributed by atoms with Crippen LogP contribution in [-0.4, -0.2) is 32.5 Å². The predicted octanol–water partition coefficient (Wildman–Crippen LogP) is 3.88. The fraction of sp³-hybridized carbons (Fsp3) is 0.250. The van der Waals surface area contributed by atoms with Crippen LogP contribution in [0, 0.1) is 5.82 Å². The van der Waals surface area contributed by atoms with Crippen LogP contribution in [-0.2, 0) is 30.4 Å². The molecule has 1 N–H and O–H groups in total. The zero-order chi connectivity index (χ0) is 21.3. The third kappa shape index (κ3) is 4.27. The Kier molecular flexibility index (Phi) is 5.15. The highest BCUT2D eigenvalue weighted by molar-refractivity contribution is 5.78. The fourth-order valence-corrected chi connectivity index (χ4v) is 3.31. The van der Waals surface area contributed by atoms with E-state index in [4.69, 9.17) is 4.74 Å². The van der Waals surface area contributed by atoms with Gasteiger partial charge >= 0.3 is 6.18 Å². The summed E-state index contributed by atoms with van der Waals surface area (Å²) < 4.78 is 57.4. The summed E-state index contributed by atoms with van der Waals surface area (Å²) >= 11 is 0. The number of amides is 1. The number of aromatic nitrogens is 3. The van der Waals surface area contributed by atoms with Gasteiger partial charge in [0, 0.05) is 19.2 Å². The van der Waals surface area contributed by atoms with Crippen molar-refractivity contribution < 1.29 is 27.1 Å². The number of halogens is 4. The topological polar surface area (TPSA) is 71.1 Å². The van der Waals surface area contributed by atoms with Gasteiger partial charge in [0.05, 0.1) is 12.0 Å². The fourth-order valence-electron chi connectivity index (χ4n) is 3.31. The normalized spacial score (nSPS) is 13.8. The third-order valence-corrected chi connectivity index (χ3v) is 4.81. The number of hydrogen-bond acceptors (Lipinski definition) is 4. The maximum atomic E-state index is 13.8. The molecule has 0 aliphatic carbocycles. The quantitative estimate of drug-likeness (QED) is 0.651. The number of hydrogen-bond donors (Lipinski definition) is 1. The SMILES string of the molecule is O=C(Cc1ncn[nH]1)N1CCc2ccc(Oc3ccc(C(F)(F)F)c(F)c3)cc2C1. The highest BCUT2D eigenvalue weighted by Gasteiger charge is 2.34. The lowest BCUT2D eigenvalue weighted by molar-refractivity contribution is -0.140. The molecular weight excluding hydrogens is 404 g/mol. The molecule has 0 saturated heterocycles. The van der Waals surface area contributed by atoms with Crippen molar-refractivity contribution in [2.45, 2.75) is 25.6 Å². The van der Waals surface area contributed by atoms with Crippen LogP contribution in [0.4, 0.5) is 17.6 Å². The molecule has 0 fully saturated rings. The van der Waals surface area contributed by atoms with Crippen LogP contribution in [0.2, 0.25) is 0 Å². The molecule has 6 nitrogen and oxygen atoms in total. The van der Waals surface area contributed by atoms with Crippen LogP contribution in [0.5, 0.6) is 11.5 Å². The number of nitrogens with zero attached hydrogens (tertiary/aromatic N) is 3. The lowest BCUT2D eigenvalue weighted by Crippen LogP contribution is -2.37. The van der Waals surface area contributed by atoms with Gasteiger partial charge in [-0.1, -0.05) is 6.07 Å². The maximum absolute atomic E-state index is 13.8. The molecule has 2 aromatic carbocycles. The molecular formula is C20H16F4N4O2. The second kappa shape index (κ2) is 7.77. The smallest absolute Gasteiger partial charge is 0.419 e. The van der Waals surface area contributed by atoms with E-state index in [0.29, 0.717) is 43.2 Å². The molecule has 1 aliphatic rings. The molecule has 4 rings (SSSR count). The molecule has 0 saturated carbocycles. The monoisotopic (exact) mass is 420 g/mol. The van der Waals surface area contributed by atoms with Gasteiger partial charge in [0.1, 0.15) is 29.5 Å². The third-order valence-electron chi connectivity index (χ3n) is 4.81. The summed E-state index contributed by atoms with van der Waals surface area (Å²) in [5.41, 5.74) is 0.558. The van der Waals surface area contributed by atoms with E-state index in [1.54, 1.807) is 17.0 Å². The number of benzene rings is 2. The molecule has 0 radical (unpaired) electrons. The molecule has 0 bridgehead atoms. The summed E-state index contributed by atoms with van der Waals surface area (Å²) in [5, 5.41) is 6.37. The lowest BCUT2D eigenvalue weighted by Gasteiger charge is -2.29. The Morgan fingerprint density at radius 3 is 2.60 bits per heavy atom. The lowest BCUT2D eigenvalue weighted by atomic mass is 9.99. The van der Waals surface area contributed by atoms with E-state index in [9.17, 15) is 22.4 Å². The zero-order valence-electron chi connectivity index (χ0n) is 15.5. The molecule has 1 aliphatic heterocycles. The average Bonchev–Trinajstić information content (AvgIpc) is 3.19. The number of fused-ring (bicyclic) bond motifs is 1. The van der Waals surface area contributed by atoms with Crippen molar-refractivity contribution >= 4 is 5.91 Å². The molecule has 0 spiro atoms. The summed E-state index contributed by atoms with van der Waals surface area (Å²) in [6, 6.07) is 7.63.